The van der Waals surface area contributed by atoms with Gasteiger partial charge in [-0.25, -0.2) is 9.18 Å². The van der Waals surface area contributed by atoms with Gasteiger partial charge in [-0.15, -0.1) is 0 Å². The number of carboxylic acid groups (broad SMARTS) is 1. The summed E-state index contributed by atoms with van der Waals surface area (Å²) in [6.07, 6.45) is 3.16. The molecule has 1 N–H and O–H groups in total. The van der Waals surface area contributed by atoms with E-state index in [1.807, 2.05) is 4.90 Å². The average molecular weight is 293 g/mol. The molecule has 0 aliphatic carbocycles. The van der Waals surface area contributed by atoms with Crippen LogP contribution in [0, 0.1) is 17.2 Å². The Bertz CT molecular complexity index is 522. The van der Waals surface area contributed by atoms with E-state index in [0.29, 0.717) is 11.6 Å². The smallest absolute Gasteiger partial charge is 0.340 e. The number of hydrogen-bond donors (Lipinski definition) is 1. The molecule has 1 unspecified atom stereocenters. The summed E-state index contributed by atoms with van der Waals surface area (Å²) in [6.45, 7) is 8.32. The maximum Gasteiger partial charge on any atom is 0.340 e. The van der Waals surface area contributed by atoms with E-state index in [1.165, 1.54) is 6.07 Å². The maximum atomic E-state index is 13.8. The van der Waals surface area contributed by atoms with Crippen molar-refractivity contribution in [2.75, 3.05) is 18.0 Å². The lowest BCUT2D eigenvalue weighted by atomic mass is 9.77. The first kappa shape index (κ1) is 15.8. The zero-order valence-corrected chi connectivity index (χ0v) is 13.0. The fourth-order valence-electron chi connectivity index (χ4n) is 3.19. The number of halogens is 1. The molecule has 116 valence electrons. The number of rotatable bonds is 2. The molecular weight excluding hydrogens is 269 g/mol. The second-order valence-corrected chi connectivity index (χ2v) is 6.92. The van der Waals surface area contributed by atoms with E-state index in [2.05, 4.69) is 20.8 Å². The lowest BCUT2D eigenvalue weighted by molar-refractivity contribution is 0.0692. The van der Waals surface area contributed by atoms with Crippen LogP contribution < -0.4 is 4.90 Å². The molecule has 1 heterocycles. The van der Waals surface area contributed by atoms with Crippen LogP contribution in [-0.2, 0) is 0 Å². The molecule has 1 fully saturated rings. The summed E-state index contributed by atoms with van der Waals surface area (Å²) < 4.78 is 13.8. The summed E-state index contributed by atoms with van der Waals surface area (Å²) in [4.78, 5) is 13.4. The molecule has 3 nitrogen and oxygen atoms in total. The molecule has 0 spiro atoms. The highest BCUT2D eigenvalue weighted by atomic mass is 19.1. The first-order valence-corrected chi connectivity index (χ1v) is 7.57. The van der Waals surface area contributed by atoms with Crippen molar-refractivity contribution >= 4 is 11.7 Å². The minimum absolute atomic E-state index is 0.202. The number of anilines is 1. The third kappa shape index (κ3) is 3.55. The number of nitrogens with zero attached hydrogens (tertiary/aromatic N) is 1. The molecule has 2 rings (SSSR count). The highest BCUT2D eigenvalue weighted by Gasteiger charge is 2.28. The first-order chi connectivity index (χ1) is 9.80. The van der Waals surface area contributed by atoms with E-state index < -0.39 is 11.8 Å². The van der Waals surface area contributed by atoms with Crippen molar-refractivity contribution in [3.05, 3.63) is 29.6 Å². The summed E-state index contributed by atoms with van der Waals surface area (Å²) in [7, 11) is 0. The van der Waals surface area contributed by atoms with Crippen LogP contribution in [0.3, 0.4) is 0 Å². The van der Waals surface area contributed by atoms with Crippen molar-refractivity contribution in [1.29, 1.82) is 0 Å². The van der Waals surface area contributed by atoms with Gasteiger partial charge in [0.05, 0.1) is 5.69 Å². The van der Waals surface area contributed by atoms with E-state index >= 15 is 0 Å². The van der Waals surface area contributed by atoms with Crippen LogP contribution in [0.5, 0.6) is 0 Å². The highest BCUT2D eigenvalue weighted by Crippen LogP contribution is 2.36. The van der Waals surface area contributed by atoms with Gasteiger partial charge in [0.1, 0.15) is 11.4 Å². The fraction of sp³-hybridized carbons (Fsp3) is 0.588. The van der Waals surface area contributed by atoms with Crippen LogP contribution in [0.25, 0.3) is 0 Å². The van der Waals surface area contributed by atoms with Gasteiger partial charge in [0, 0.05) is 13.1 Å². The summed E-state index contributed by atoms with van der Waals surface area (Å²) >= 11 is 0. The van der Waals surface area contributed by atoms with Gasteiger partial charge >= 0.3 is 5.97 Å². The van der Waals surface area contributed by atoms with E-state index in [1.54, 1.807) is 12.1 Å². The molecule has 0 amide bonds. The summed E-state index contributed by atoms with van der Waals surface area (Å²) in [5, 5.41) is 9.26. The molecule has 0 bridgehead atoms. The lowest BCUT2D eigenvalue weighted by Crippen LogP contribution is -2.28. The summed E-state index contributed by atoms with van der Waals surface area (Å²) in [5.41, 5.74) is 0.567. The fourth-order valence-corrected chi connectivity index (χ4v) is 3.19. The van der Waals surface area contributed by atoms with Crippen LogP contribution in [0.4, 0.5) is 10.1 Å². The SMILES string of the molecule is CC(C)(C)C1CCCN(c2cccc(F)c2C(=O)O)CC1. The molecule has 1 aromatic rings. The molecule has 1 atom stereocenters. The highest BCUT2D eigenvalue weighted by molar-refractivity contribution is 5.94. The van der Waals surface area contributed by atoms with Gasteiger partial charge < -0.3 is 10.0 Å². The van der Waals surface area contributed by atoms with E-state index in [-0.39, 0.29) is 11.0 Å². The van der Waals surface area contributed by atoms with Gasteiger partial charge in [-0.1, -0.05) is 26.8 Å². The zero-order chi connectivity index (χ0) is 15.6. The van der Waals surface area contributed by atoms with Gasteiger partial charge in [-0.2, -0.15) is 0 Å². The van der Waals surface area contributed by atoms with Crippen molar-refractivity contribution in [2.24, 2.45) is 11.3 Å². The maximum absolute atomic E-state index is 13.8. The number of carbonyl (C=O) groups is 1. The molecule has 4 heteroatoms. The Kier molecular flexibility index (Phi) is 4.55. The molecular formula is C17H24FNO2. The molecule has 1 aromatic carbocycles. The molecule has 0 saturated carbocycles. The Morgan fingerprint density at radius 3 is 2.62 bits per heavy atom. The van der Waals surface area contributed by atoms with Gasteiger partial charge in [-0.3, -0.25) is 0 Å². The quantitative estimate of drug-likeness (QED) is 0.889. The van der Waals surface area contributed by atoms with Crippen LogP contribution >= 0.6 is 0 Å². The minimum atomic E-state index is -1.19. The van der Waals surface area contributed by atoms with Crippen molar-refractivity contribution in [3.63, 3.8) is 0 Å². The molecule has 0 aromatic heterocycles. The molecule has 1 saturated heterocycles. The van der Waals surface area contributed by atoms with Crippen LogP contribution in [-0.4, -0.2) is 24.2 Å². The second kappa shape index (κ2) is 6.04. The van der Waals surface area contributed by atoms with Crippen LogP contribution in [0.2, 0.25) is 0 Å². The average Bonchev–Trinajstić information content (AvgIpc) is 2.63. The molecule has 21 heavy (non-hydrogen) atoms. The number of hydrogen-bond acceptors (Lipinski definition) is 2. The van der Waals surface area contributed by atoms with Crippen molar-refractivity contribution in [2.45, 2.75) is 40.0 Å². The minimum Gasteiger partial charge on any atom is -0.478 e. The third-order valence-electron chi connectivity index (χ3n) is 4.50. The van der Waals surface area contributed by atoms with E-state index in [4.69, 9.17) is 0 Å². The predicted octanol–water partition coefficient (Wildman–Crippen LogP) is 4.18. The summed E-state index contributed by atoms with van der Waals surface area (Å²) in [6, 6.07) is 4.51. The van der Waals surface area contributed by atoms with Crippen LogP contribution in [0.1, 0.15) is 50.4 Å². The normalized spacial score (nSPS) is 20.2. The largest absolute Gasteiger partial charge is 0.478 e. The van der Waals surface area contributed by atoms with E-state index in [9.17, 15) is 14.3 Å². The van der Waals surface area contributed by atoms with Gasteiger partial charge in [0.25, 0.3) is 0 Å². The van der Waals surface area contributed by atoms with Crippen molar-refractivity contribution in [3.8, 4) is 0 Å². The molecule has 1 aliphatic rings. The van der Waals surface area contributed by atoms with Crippen molar-refractivity contribution in [1.82, 2.24) is 0 Å². The Labute approximate surface area is 125 Å². The predicted molar refractivity (Wildman–Crippen MR) is 82.4 cm³/mol. The Morgan fingerprint density at radius 1 is 1.29 bits per heavy atom. The molecule has 0 radical (unpaired) electrons. The van der Waals surface area contributed by atoms with Crippen LogP contribution in [0.15, 0.2) is 18.2 Å². The van der Waals surface area contributed by atoms with E-state index in [0.717, 1.165) is 32.4 Å². The zero-order valence-electron chi connectivity index (χ0n) is 13.0. The number of benzene rings is 1. The Hall–Kier alpha value is -1.58. The first-order valence-electron chi connectivity index (χ1n) is 7.57. The van der Waals surface area contributed by atoms with Crippen molar-refractivity contribution < 1.29 is 14.3 Å². The number of aromatic carboxylic acids is 1. The standard InChI is InChI=1S/C17H24FNO2/c1-17(2,3)12-6-5-10-19(11-9-12)14-8-4-7-13(18)15(14)16(20)21/h4,7-8,12H,5-6,9-11H2,1-3H3,(H,20,21). The van der Waals surface area contributed by atoms with Gasteiger partial charge in [0.15, 0.2) is 0 Å². The topological polar surface area (TPSA) is 40.5 Å². The Morgan fingerprint density at radius 2 is 2.00 bits per heavy atom. The van der Waals surface area contributed by atoms with Gasteiger partial charge in [-0.05, 0) is 42.7 Å². The second-order valence-electron chi connectivity index (χ2n) is 6.92. The Balaban J connectivity index is 2.24. The van der Waals surface area contributed by atoms with Gasteiger partial charge in [0.2, 0.25) is 0 Å². The monoisotopic (exact) mass is 293 g/mol. The number of carboxylic acids is 1. The molecule has 1 aliphatic heterocycles. The summed E-state index contributed by atoms with van der Waals surface area (Å²) in [5.74, 6) is -1.24. The lowest BCUT2D eigenvalue weighted by Gasteiger charge is -2.30. The third-order valence-corrected chi connectivity index (χ3v) is 4.50.